The normalized spacial score (nSPS) is 17.9. The van der Waals surface area contributed by atoms with Gasteiger partial charge in [0.25, 0.3) is 0 Å². The summed E-state index contributed by atoms with van der Waals surface area (Å²) in [6, 6.07) is 12.1. The number of aromatic nitrogens is 4. The minimum atomic E-state index is 0.143. The molecule has 0 bridgehead atoms. The highest BCUT2D eigenvalue weighted by molar-refractivity contribution is 14.1. The van der Waals surface area contributed by atoms with Crippen molar-refractivity contribution in [3.05, 3.63) is 65.1 Å². The Morgan fingerprint density at radius 1 is 0.882 bits per heavy atom. The molecule has 2 unspecified atom stereocenters. The van der Waals surface area contributed by atoms with Crippen LogP contribution in [0.4, 0.5) is 0 Å². The lowest BCUT2D eigenvalue weighted by atomic mass is 10.2. The molecule has 0 radical (unpaired) electrons. The van der Waals surface area contributed by atoms with Crippen molar-refractivity contribution in [1.82, 2.24) is 19.1 Å². The minimum absolute atomic E-state index is 0.143. The van der Waals surface area contributed by atoms with E-state index < -0.39 is 0 Å². The second-order valence-corrected chi connectivity index (χ2v) is 12.0. The van der Waals surface area contributed by atoms with Crippen LogP contribution in [-0.2, 0) is 13.1 Å². The molecule has 0 amide bonds. The van der Waals surface area contributed by atoms with E-state index in [2.05, 4.69) is 116 Å². The predicted octanol–water partition coefficient (Wildman–Crippen LogP) is 7.40. The van der Waals surface area contributed by atoms with Crippen LogP contribution in [0.1, 0.15) is 13.8 Å². The van der Waals surface area contributed by atoms with Crippen LogP contribution in [0.3, 0.4) is 0 Å². The van der Waals surface area contributed by atoms with Crippen LogP contribution >= 0.6 is 77.0 Å². The third-order valence-electron chi connectivity index (χ3n) is 5.50. The first-order chi connectivity index (χ1) is 16.3. The van der Waals surface area contributed by atoms with Gasteiger partial charge in [-0.2, -0.15) is 0 Å². The number of halogens is 4. The first kappa shape index (κ1) is 24.6. The van der Waals surface area contributed by atoms with Crippen LogP contribution in [0.2, 0.25) is 0 Å². The van der Waals surface area contributed by atoms with Crippen LogP contribution in [0, 0.1) is 7.40 Å². The monoisotopic (exact) mass is 808 g/mol. The Hall–Kier alpha value is -1.12. The topological polar surface area (TPSA) is 54.1 Å². The predicted molar refractivity (Wildman–Crippen MR) is 156 cm³/mol. The van der Waals surface area contributed by atoms with Crippen molar-refractivity contribution in [2.75, 3.05) is 0 Å². The Bertz CT molecular complexity index is 1370. The van der Waals surface area contributed by atoms with E-state index in [9.17, 15) is 0 Å². The van der Waals surface area contributed by atoms with Crippen molar-refractivity contribution in [3.8, 4) is 34.3 Å². The molecule has 4 aromatic rings. The molecular weight excluding hydrogens is 790 g/mol. The highest BCUT2D eigenvalue weighted by Crippen LogP contribution is 2.37. The number of fused-ring (bicyclic) bond motifs is 6. The lowest BCUT2D eigenvalue weighted by molar-refractivity contribution is 0.205. The lowest BCUT2D eigenvalue weighted by Crippen LogP contribution is -2.18. The molecule has 2 aliphatic heterocycles. The van der Waals surface area contributed by atoms with Gasteiger partial charge in [0.2, 0.25) is 0 Å². The standard InChI is InChI=1S/C12H9BrI2N2O.C12H11BrN2O/c1-6-5-17-11(15)10(14)16-12(17)8-4-7(13)2-3-9(8)18-6;1-8-7-15-5-4-14-12(15)10-6-9(13)2-3-11(10)16-8/h2-4,6H,5H2,1H3;2-6,8H,7H2,1H3. The molecule has 6 rings (SSSR count). The van der Waals surface area contributed by atoms with Crippen molar-refractivity contribution in [2.45, 2.75) is 39.1 Å². The summed E-state index contributed by atoms with van der Waals surface area (Å²) in [6.07, 6.45) is 4.13. The fraction of sp³-hybridized carbons (Fsp3) is 0.250. The number of imidazole rings is 2. The Kier molecular flexibility index (Phi) is 7.29. The smallest absolute Gasteiger partial charge is 0.145 e. The summed E-state index contributed by atoms with van der Waals surface area (Å²) >= 11 is 11.6. The first-order valence-corrected chi connectivity index (χ1v) is 14.4. The molecule has 10 heteroatoms. The summed E-state index contributed by atoms with van der Waals surface area (Å²) in [5.41, 5.74) is 2.10. The Labute approximate surface area is 242 Å². The molecule has 0 spiro atoms. The highest BCUT2D eigenvalue weighted by Gasteiger charge is 2.24. The molecule has 4 heterocycles. The van der Waals surface area contributed by atoms with Gasteiger partial charge in [0.1, 0.15) is 42.8 Å². The molecule has 0 fully saturated rings. The molecule has 0 saturated heterocycles. The Morgan fingerprint density at radius 3 is 2.12 bits per heavy atom. The summed E-state index contributed by atoms with van der Waals surface area (Å²) in [7, 11) is 0. The zero-order valence-electron chi connectivity index (χ0n) is 18.3. The van der Waals surface area contributed by atoms with Crippen molar-refractivity contribution in [2.24, 2.45) is 0 Å². The maximum Gasteiger partial charge on any atom is 0.145 e. The van der Waals surface area contributed by atoms with E-state index in [-0.39, 0.29) is 12.2 Å². The van der Waals surface area contributed by atoms with Gasteiger partial charge in [-0.3, -0.25) is 0 Å². The molecule has 34 heavy (non-hydrogen) atoms. The molecule has 0 aliphatic carbocycles. The number of hydrogen-bond donors (Lipinski definition) is 0. The maximum atomic E-state index is 5.96. The number of nitrogens with zero attached hydrogens (tertiary/aromatic N) is 4. The fourth-order valence-electron chi connectivity index (χ4n) is 4.08. The quantitative estimate of drug-likeness (QED) is 0.174. The number of benzene rings is 2. The van der Waals surface area contributed by atoms with Gasteiger partial charge in [0.15, 0.2) is 0 Å². The second kappa shape index (κ2) is 10.1. The molecule has 2 atom stereocenters. The van der Waals surface area contributed by atoms with Crippen LogP contribution in [0.5, 0.6) is 11.5 Å². The van der Waals surface area contributed by atoms with E-state index in [0.29, 0.717) is 0 Å². The van der Waals surface area contributed by atoms with Gasteiger partial charge < -0.3 is 18.6 Å². The van der Waals surface area contributed by atoms with Gasteiger partial charge in [-0.25, -0.2) is 9.97 Å². The third kappa shape index (κ3) is 4.92. The fourth-order valence-corrected chi connectivity index (χ4v) is 5.87. The molecule has 0 saturated carbocycles. The van der Waals surface area contributed by atoms with Gasteiger partial charge in [0, 0.05) is 21.3 Å². The van der Waals surface area contributed by atoms with Crippen LogP contribution in [0.15, 0.2) is 57.7 Å². The highest BCUT2D eigenvalue weighted by atomic mass is 127. The third-order valence-corrected chi connectivity index (χ3v) is 9.36. The summed E-state index contributed by atoms with van der Waals surface area (Å²) in [4.78, 5) is 9.06. The molecule has 0 N–H and O–H groups in total. The first-order valence-electron chi connectivity index (χ1n) is 10.7. The second-order valence-electron chi connectivity index (χ2n) is 8.17. The largest absolute Gasteiger partial charge is 0.488 e. The van der Waals surface area contributed by atoms with Gasteiger partial charge in [-0.1, -0.05) is 31.9 Å². The van der Waals surface area contributed by atoms with E-state index in [4.69, 9.17) is 9.47 Å². The summed E-state index contributed by atoms with van der Waals surface area (Å²) < 4.78 is 20.5. The van der Waals surface area contributed by atoms with E-state index in [0.717, 1.165) is 60.0 Å². The molecule has 2 aromatic carbocycles. The van der Waals surface area contributed by atoms with Gasteiger partial charge in [-0.15, -0.1) is 0 Å². The number of hydrogen-bond acceptors (Lipinski definition) is 4. The maximum absolute atomic E-state index is 5.96. The van der Waals surface area contributed by atoms with Crippen LogP contribution < -0.4 is 9.47 Å². The van der Waals surface area contributed by atoms with Gasteiger partial charge in [0.05, 0.1) is 24.2 Å². The summed E-state index contributed by atoms with van der Waals surface area (Å²) in [5, 5.41) is 0. The SMILES string of the molecule is CC1Cn2c(nc(I)c2I)-c2cc(Br)ccc2O1.CC1Cn2ccnc2-c2cc(Br)ccc2O1. The number of ether oxygens (including phenoxy) is 2. The average molecular weight is 810 g/mol. The van der Waals surface area contributed by atoms with E-state index in [1.807, 2.05) is 42.7 Å². The van der Waals surface area contributed by atoms with Crippen molar-refractivity contribution in [1.29, 1.82) is 0 Å². The van der Waals surface area contributed by atoms with Crippen molar-refractivity contribution in [3.63, 3.8) is 0 Å². The van der Waals surface area contributed by atoms with Crippen molar-refractivity contribution >= 4 is 77.0 Å². The van der Waals surface area contributed by atoms with Crippen LogP contribution in [-0.4, -0.2) is 31.3 Å². The van der Waals surface area contributed by atoms with E-state index >= 15 is 0 Å². The van der Waals surface area contributed by atoms with Gasteiger partial charge >= 0.3 is 0 Å². The zero-order valence-corrected chi connectivity index (χ0v) is 25.8. The Morgan fingerprint density at radius 2 is 1.47 bits per heavy atom. The number of rotatable bonds is 0. The lowest BCUT2D eigenvalue weighted by Gasteiger charge is -2.13. The van der Waals surface area contributed by atoms with E-state index in [1.54, 1.807) is 0 Å². The average Bonchev–Trinajstić information content (AvgIpc) is 3.28. The zero-order chi connectivity index (χ0) is 24.0. The van der Waals surface area contributed by atoms with E-state index in [1.165, 1.54) is 3.70 Å². The van der Waals surface area contributed by atoms with Crippen molar-refractivity contribution < 1.29 is 9.47 Å². The molecule has 176 valence electrons. The molecule has 6 nitrogen and oxygen atoms in total. The molecule has 2 aromatic heterocycles. The molecular formula is C24H20Br2I2N4O2. The van der Waals surface area contributed by atoms with Gasteiger partial charge in [-0.05, 0) is 95.4 Å². The molecule has 2 aliphatic rings. The summed E-state index contributed by atoms with van der Waals surface area (Å²) in [5.74, 6) is 3.77. The summed E-state index contributed by atoms with van der Waals surface area (Å²) in [6.45, 7) is 5.82. The Balaban J connectivity index is 0.000000142. The minimum Gasteiger partial charge on any atom is -0.488 e. The van der Waals surface area contributed by atoms with Crippen LogP contribution in [0.25, 0.3) is 22.8 Å².